The normalized spacial score (nSPS) is 34.1. The fourth-order valence-corrected chi connectivity index (χ4v) is 11.4. The van der Waals surface area contributed by atoms with Crippen LogP contribution in [0.15, 0.2) is 84.5 Å². The van der Waals surface area contributed by atoms with Gasteiger partial charge < -0.3 is 14.7 Å². The van der Waals surface area contributed by atoms with Crippen molar-refractivity contribution in [2.45, 2.75) is 97.3 Å². The number of nitrogens with zero attached hydrogens (tertiary/aromatic N) is 2. The molecular formula is C44H54F2N2O5S2. The molecule has 3 saturated carbocycles. The van der Waals surface area contributed by atoms with Gasteiger partial charge in [0.25, 0.3) is 0 Å². The second-order valence-electron chi connectivity index (χ2n) is 16.5. The van der Waals surface area contributed by atoms with Gasteiger partial charge in [-0.05, 0) is 78.7 Å². The summed E-state index contributed by atoms with van der Waals surface area (Å²) in [6.45, 7) is 9.79. The molecule has 5 aliphatic rings. The maximum absolute atomic E-state index is 17.1. The molecule has 1 saturated heterocycles. The molecule has 9 atom stereocenters. The van der Waals surface area contributed by atoms with Crippen LogP contribution in [0.3, 0.4) is 0 Å². The first-order chi connectivity index (χ1) is 26.2. The van der Waals surface area contributed by atoms with Crippen LogP contribution >= 0.6 is 24.0 Å². The molecule has 11 heteroatoms. The molecule has 55 heavy (non-hydrogen) atoms. The van der Waals surface area contributed by atoms with Gasteiger partial charge in [-0.3, -0.25) is 19.3 Å². The van der Waals surface area contributed by atoms with Crippen molar-refractivity contribution in [3.63, 3.8) is 0 Å². The van der Waals surface area contributed by atoms with E-state index in [1.165, 1.54) is 29.4 Å². The van der Waals surface area contributed by atoms with Gasteiger partial charge in [0, 0.05) is 36.8 Å². The van der Waals surface area contributed by atoms with E-state index in [0.717, 1.165) is 36.4 Å². The van der Waals surface area contributed by atoms with Crippen LogP contribution in [-0.2, 0) is 32.2 Å². The number of thioether (sulfide) groups is 1. The molecule has 4 fully saturated rings. The highest BCUT2D eigenvalue weighted by Gasteiger charge is 2.73. The zero-order valence-electron chi connectivity index (χ0n) is 32.3. The van der Waals surface area contributed by atoms with E-state index in [9.17, 15) is 19.5 Å². The lowest BCUT2D eigenvalue weighted by molar-refractivity contribution is -0.202. The Morgan fingerprint density at radius 2 is 1.67 bits per heavy atom. The molecule has 0 spiro atoms. The van der Waals surface area contributed by atoms with Crippen molar-refractivity contribution in [1.82, 2.24) is 9.80 Å². The van der Waals surface area contributed by atoms with Gasteiger partial charge >= 0.3 is 5.97 Å². The monoisotopic (exact) mass is 792 g/mol. The summed E-state index contributed by atoms with van der Waals surface area (Å²) >= 11 is 7.26. The smallest absolute Gasteiger partial charge is 0.306 e. The van der Waals surface area contributed by atoms with E-state index in [2.05, 4.69) is 70.5 Å². The predicted molar refractivity (Wildman–Crippen MR) is 216 cm³/mol. The van der Waals surface area contributed by atoms with Gasteiger partial charge in [0.15, 0.2) is 17.2 Å². The lowest BCUT2D eigenvalue weighted by atomic mass is 9.45. The Morgan fingerprint density at radius 3 is 2.33 bits per heavy atom. The Balaban J connectivity index is 0.000000209. The number of benzene rings is 2. The van der Waals surface area contributed by atoms with Crippen LogP contribution in [0.25, 0.3) is 0 Å². The first-order valence-corrected chi connectivity index (χ1v) is 21.0. The molecule has 0 aromatic heterocycles. The van der Waals surface area contributed by atoms with Gasteiger partial charge in [0.05, 0.1) is 18.6 Å². The number of allylic oxidation sites excluding steroid dienone is 4. The number of rotatable bonds is 10. The highest BCUT2D eigenvalue weighted by molar-refractivity contribution is 8.22. The van der Waals surface area contributed by atoms with Gasteiger partial charge in [-0.15, -0.1) is 0 Å². The number of carbonyl (C=O) groups is 3. The lowest BCUT2D eigenvalue weighted by Gasteiger charge is -2.62. The van der Waals surface area contributed by atoms with Crippen molar-refractivity contribution in [1.29, 1.82) is 0 Å². The van der Waals surface area contributed by atoms with Crippen LogP contribution in [-0.4, -0.2) is 73.9 Å². The maximum Gasteiger partial charge on any atom is 0.306 e. The zero-order valence-corrected chi connectivity index (χ0v) is 33.9. The average molecular weight is 793 g/mol. The molecule has 0 unspecified atom stereocenters. The van der Waals surface area contributed by atoms with Crippen LogP contribution in [0.5, 0.6) is 0 Å². The van der Waals surface area contributed by atoms with Gasteiger partial charge in [0.1, 0.15) is 17.1 Å². The largest absolute Gasteiger partial charge is 0.458 e. The molecule has 0 amide bonds. The fourth-order valence-electron chi connectivity index (χ4n) is 10.3. The SMILES string of the molecule is CCCCC(=O)OCC(=O)[C@H]1[C@H](C)C[C@H]2[C@@H]3C[C@H](F)C4=CC(=O)C=C[C@]4(C)[C@@]3(F)[C@@H](O)C[C@@]21C.S=C1SCN(Cc2ccccc2)CN1Cc1ccccc1. The number of ketones is 2. The standard InChI is InChI=1S/C27H36F2O5.C17H18N2S2/c1-5-6-7-23(33)34-14-21(31)24-15(2)10-17-18-12-20(28)19-11-16(30)8-9-26(19,4)27(18,29)22(32)13-25(17,24)3;20-17-19(12-16-9-5-2-6-10-16)13-18(14-21-17)11-15-7-3-1-4-8-15/h8-9,11,15,17-18,20,22,24,32H,5-7,10,12-14H2,1-4H3;1-10H,11-14H2/t15-,17+,18+,20+,22+,24-,25+,26+,27+;/m1./s1. The number of halogens is 2. The molecule has 1 aliphatic heterocycles. The van der Waals surface area contributed by atoms with Crippen LogP contribution < -0.4 is 0 Å². The highest BCUT2D eigenvalue weighted by Crippen LogP contribution is 2.70. The minimum absolute atomic E-state index is 0.0524. The Kier molecular flexibility index (Phi) is 12.9. The van der Waals surface area contributed by atoms with Crippen molar-refractivity contribution in [2.75, 3.05) is 19.2 Å². The predicted octanol–water partition coefficient (Wildman–Crippen LogP) is 8.41. The van der Waals surface area contributed by atoms with Crippen LogP contribution in [0.1, 0.15) is 77.3 Å². The summed E-state index contributed by atoms with van der Waals surface area (Å²) in [5.74, 6) is -1.78. The molecule has 2 aromatic rings. The van der Waals surface area contributed by atoms with E-state index in [0.29, 0.717) is 12.8 Å². The summed E-state index contributed by atoms with van der Waals surface area (Å²) in [6.07, 6.45) is 3.20. The number of thiocarbonyl (C=S) groups is 1. The first-order valence-electron chi connectivity index (χ1n) is 19.6. The number of Topliss-reactive ketones (excluding diaryl/α,β-unsaturated/α-hetero) is 1. The van der Waals surface area contributed by atoms with E-state index in [1.54, 1.807) is 18.7 Å². The number of hydrogen-bond acceptors (Lipinski definition) is 8. The van der Waals surface area contributed by atoms with Crippen LogP contribution in [0.2, 0.25) is 0 Å². The summed E-state index contributed by atoms with van der Waals surface area (Å²) in [5, 5.41) is 11.3. The maximum atomic E-state index is 17.1. The Morgan fingerprint density at radius 1 is 1.02 bits per heavy atom. The highest BCUT2D eigenvalue weighted by atomic mass is 32.2. The van der Waals surface area contributed by atoms with E-state index >= 15 is 8.78 Å². The summed E-state index contributed by atoms with van der Waals surface area (Å²) in [4.78, 5) is 41.8. The van der Waals surface area contributed by atoms with Crippen molar-refractivity contribution < 1.29 is 33.0 Å². The summed E-state index contributed by atoms with van der Waals surface area (Å²) < 4.78 is 38.7. The average Bonchev–Trinajstić information content (AvgIpc) is 3.43. The summed E-state index contributed by atoms with van der Waals surface area (Å²) in [6, 6.07) is 21.1. The van der Waals surface area contributed by atoms with Crippen molar-refractivity contribution >= 4 is 45.8 Å². The van der Waals surface area contributed by atoms with Gasteiger partial charge in [-0.2, -0.15) is 0 Å². The molecule has 0 bridgehead atoms. The minimum atomic E-state index is -2.15. The van der Waals surface area contributed by atoms with E-state index in [4.69, 9.17) is 17.0 Å². The second kappa shape index (κ2) is 17.1. The number of unbranched alkanes of at least 4 members (excludes halogenated alkanes) is 1. The second-order valence-corrected chi connectivity index (χ2v) is 18.1. The number of aliphatic hydroxyl groups is 1. The molecule has 4 aliphatic carbocycles. The van der Waals surface area contributed by atoms with Crippen LogP contribution in [0, 0.1) is 34.5 Å². The molecule has 7 rings (SSSR count). The molecule has 1 N–H and O–H groups in total. The van der Waals surface area contributed by atoms with Gasteiger partial charge in [-0.1, -0.05) is 118 Å². The Bertz CT molecular complexity index is 1790. The molecular weight excluding hydrogens is 739 g/mol. The fraction of sp³-hybridized carbons (Fsp3) is 0.545. The number of ether oxygens (including phenoxy) is 1. The third kappa shape index (κ3) is 8.27. The number of fused-ring (bicyclic) bond motifs is 5. The lowest BCUT2D eigenvalue weighted by Crippen LogP contribution is -2.68. The van der Waals surface area contributed by atoms with Crippen molar-refractivity contribution in [3.05, 3.63) is 95.6 Å². The molecule has 7 nitrogen and oxygen atoms in total. The van der Waals surface area contributed by atoms with Crippen molar-refractivity contribution in [2.24, 2.45) is 34.5 Å². The number of alkyl halides is 2. The number of aliphatic hydroxyl groups excluding tert-OH is 1. The Labute approximate surface area is 333 Å². The molecule has 2 aromatic carbocycles. The minimum Gasteiger partial charge on any atom is -0.458 e. The van der Waals surface area contributed by atoms with Gasteiger partial charge in [0.2, 0.25) is 0 Å². The molecule has 1 heterocycles. The van der Waals surface area contributed by atoms with Gasteiger partial charge in [-0.25, -0.2) is 8.78 Å². The number of hydrogen-bond donors (Lipinski definition) is 1. The van der Waals surface area contributed by atoms with E-state index < -0.39 is 46.6 Å². The number of esters is 1. The quantitative estimate of drug-likeness (QED) is 0.188. The number of carbonyl (C=O) groups excluding carboxylic acids is 3. The van der Waals surface area contributed by atoms with E-state index in [1.807, 2.05) is 20.8 Å². The third-order valence-electron chi connectivity index (χ3n) is 12.9. The summed E-state index contributed by atoms with van der Waals surface area (Å²) in [7, 11) is 0. The Hall–Kier alpha value is -3.25. The van der Waals surface area contributed by atoms with Crippen molar-refractivity contribution in [3.8, 4) is 0 Å². The third-order valence-corrected chi connectivity index (χ3v) is 14.5. The van der Waals surface area contributed by atoms with Crippen LogP contribution in [0.4, 0.5) is 8.78 Å². The molecule has 0 radical (unpaired) electrons. The topological polar surface area (TPSA) is 87.1 Å². The molecule has 296 valence electrons. The first kappa shape index (κ1) is 41.4. The zero-order chi connectivity index (χ0) is 39.5. The summed E-state index contributed by atoms with van der Waals surface area (Å²) in [5.41, 5.74) is -1.55. The van der Waals surface area contributed by atoms with E-state index in [-0.39, 0.29) is 54.8 Å².